The molecule has 2 saturated heterocycles. The van der Waals surface area contributed by atoms with Gasteiger partial charge in [-0.3, -0.25) is 14.4 Å². The van der Waals surface area contributed by atoms with E-state index in [0.29, 0.717) is 0 Å². The van der Waals surface area contributed by atoms with Gasteiger partial charge in [-0.2, -0.15) is 0 Å². The fourth-order valence-electron chi connectivity index (χ4n) is 10.7. The minimum atomic E-state index is -1.93. The fourth-order valence-corrected chi connectivity index (χ4v) is 10.7. The highest BCUT2D eigenvalue weighted by atomic mass is 16.7. The van der Waals surface area contributed by atoms with Crippen LogP contribution in [0.2, 0.25) is 0 Å². The molecule has 1 aromatic rings. The number of carbonyl (C=O) groups excluding carboxylic acids is 6. The summed E-state index contributed by atoms with van der Waals surface area (Å²) in [6.45, 7) is 21.3. The van der Waals surface area contributed by atoms with Gasteiger partial charge in [0, 0.05) is 32.1 Å². The molecular formula is C46H61NO15. The van der Waals surface area contributed by atoms with Gasteiger partial charge in [-0.15, -0.1) is 0 Å². The second kappa shape index (κ2) is 16.8. The summed E-state index contributed by atoms with van der Waals surface area (Å²) in [5.74, 6) is -5.76. The maximum absolute atomic E-state index is 14.6. The van der Waals surface area contributed by atoms with Gasteiger partial charge in [-0.1, -0.05) is 45.5 Å². The number of amides is 1. The predicted molar refractivity (Wildman–Crippen MR) is 219 cm³/mol. The van der Waals surface area contributed by atoms with Gasteiger partial charge in [0.1, 0.15) is 36.1 Å². The van der Waals surface area contributed by atoms with Crippen LogP contribution in [-0.4, -0.2) is 113 Å². The van der Waals surface area contributed by atoms with Gasteiger partial charge in [-0.25, -0.2) is 14.4 Å². The van der Waals surface area contributed by atoms with E-state index in [2.05, 4.69) is 11.9 Å². The molecule has 62 heavy (non-hydrogen) atoms. The highest BCUT2D eigenvalue weighted by molar-refractivity contribution is 6.36. The molecule has 1 aromatic carbocycles. The first kappa shape index (κ1) is 46.9. The first-order chi connectivity index (χ1) is 28.8. The fraction of sp³-hybridized carbons (Fsp3) is 0.652. The van der Waals surface area contributed by atoms with Crippen molar-refractivity contribution in [2.24, 2.45) is 22.7 Å². The molecule has 2 heterocycles. The van der Waals surface area contributed by atoms with Crippen LogP contribution in [-0.2, 0) is 57.1 Å². The summed E-state index contributed by atoms with van der Waals surface area (Å²) in [5.41, 5.74) is -6.82. The van der Waals surface area contributed by atoms with Crippen molar-refractivity contribution in [3.8, 4) is 0 Å². The number of ether oxygens (including phenoxy) is 8. The van der Waals surface area contributed by atoms with E-state index in [9.17, 15) is 33.9 Å². The summed E-state index contributed by atoms with van der Waals surface area (Å²) in [6.07, 6.45) is -7.38. The molecular weight excluding hydrogens is 806 g/mol. The molecule has 2 N–H and O–H groups in total. The van der Waals surface area contributed by atoms with E-state index in [1.54, 1.807) is 58.0 Å². The molecule has 16 nitrogen and oxygen atoms in total. The average Bonchev–Trinajstić information content (AvgIpc) is 3.41. The van der Waals surface area contributed by atoms with Gasteiger partial charge in [0.05, 0.1) is 35.2 Å². The lowest BCUT2D eigenvalue weighted by Gasteiger charge is -2.67. The molecule has 340 valence electrons. The van der Waals surface area contributed by atoms with E-state index in [1.807, 2.05) is 20.8 Å². The molecule has 1 unspecified atom stereocenters. The smallest absolute Gasteiger partial charge is 0.408 e. The Labute approximate surface area is 362 Å². The summed E-state index contributed by atoms with van der Waals surface area (Å²) in [6, 6.07) is 6.87. The van der Waals surface area contributed by atoms with Crippen molar-refractivity contribution < 1.29 is 71.8 Å². The monoisotopic (exact) mass is 867 g/mol. The topological polar surface area (TPSA) is 209 Å². The number of hydrogen-bond donors (Lipinski definition) is 2. The Morgan fingerprint density at radius 2 is 1.63 bits per heavy atom. The van der Waals surface area contributed by atoms with Crippen molar-refractivity contribution in [2.45, 2.75) is 161 Å². The van der Waals surface area contributed by atoms with Crippen LogP contribution in [0.5, 0.6) is 0 Å². The van der Waals surface area contributed by atoms with E-state index in [-0.39, 0.29) is 48.5 Å². The maximum Gasteiger partial charge on any atom is 0.408 e. The molecule has 0 radical (unpaired) electrons. The highest BCUT2D eigenvalue weighted by Crippen LogP contribution is 2.70. The van der Waals surface area contributed by atoms with Crippen molar-refractivity contribution in [1.82, 2.24) is 5.32 Å². The predicted octanol–water partition coefficient (Wildman–Crippen LogP) is 5.08. The molecule has 12 atom stereocenters. The Morgan fingerprint density at radius 1 is 0.968 bits per heavy atom. The SMILES string of the molecule is C=C[C@H]1O[C@H]2C[C@H]3OC[C@@]3(OC(C)=O)[C@H]3[C@H](OC(=O)c4ccccc4)C4(C(C)(C)O)C[C@H](OC(=O)C(=O)[C@H](CC(C)C)NC(=O)OC(C)(C)C)C(C)=C4[C@H](OC(C)=O)[C@H](O1)[C@]23C. The Bertz CT molecular complexity index is 2000. The molecule has 6 rings (SSSR count). The molecule has 3 aliphatic carbocycles. The van der Waals surface area contributed by atoms with Crippen LogP contribution in [0, 0.1) is 22.7 Å². The molecule has 16 heteroatoms. The molecule has 0 aromatic heterocycles. The molecule has 0 bridgehead atoms. The quantitative estimate of drug-likeness (QED) is 0.122. The first-order valence-corrected chi connectivity index (χ1v) is 21.2. The van der Waals surface area contributed by atoms with Crippen LogP contribution in [0.1, 0.15) is 106 Å². The molecule has 2 aliphatic heterocycles. The number of esters is 4. The van der Waals surface area contributed by atoms with Gasteiger partial charge in [0.15, 0.2) is 18.0 Å². The number of benzene rings is 1. The maximum atomic E-state index is 14.6. The second-order valence-corrected chi connectivity index (χ2v) is 19.4. The van der Waals surface area contributed by atoms with Crippen LogP contribution in [0.15, 0.2) is 54.1 Å². The van der Waals surface area contributed by atoms with Crippen LogP contribution in [0.3, 0.4) is 0 Å². The number of alkyl carbamates (subject to hydrolysis) is 1. The average molecular weight is 868 g/mol. The minimum absolute atomic E-state index is 0.0754. The lowest BCUT2D eigenvalue weighted by molar-refractivity contribution is -0.392. The zero-order chi connectivity index (χ0) is 45.9. The number of carbonyl (C=O) groups is 6. The van der Waals surface area contributed by atoms with Crippen molar-refractivity contribution >= 4 is 35.8 Å². The third kappa shape index (κ3) is 8.19. The van der Waals surface area contributed by atoms with Crippen LogP contribution in [0.25, 0.3) is 0 Å². The summed E-state index contributed by atoms with van der Waals surface area (Å²) in [7, 11) is 0. The zero-order valence-electron chi connectivity index (χ0n) is 37.4. The highest BCUT2D eigenvalue weighted by Gasteiger charge is 2.81. The van der Waals surface area contributed by atoms with Crippen LogP contribution in [0.4, 0.5) is 4.79 Å². The summed E-state index contributed by atoms with van der Waals surface area (Å²) in [4.78, 5) is 82.2. The third-order valence-electron chi connectivity index (χ3n) is 13.1. The normalized spacial score (nSPS) is 34.1. The Kier molecular flexibility index (Phi) is 12.7. The number of rotatable bonds is 12. The zero-order valence-corrected chi connectivity index (χ0v) is 37.4. The summed E-state index contributed by atoms with van der Waals surface area (Å²) < 4.78 is 50.3. The van der Waals surface area contributed by atoms with Crippen molar-refractivity contribution in [2.75, 3.05) is 6.61 Å². The summed E-state index contributed by atoms with van der Waals surface area (Å²) >= 11 is 0. The second-order valence-electron chi connectivity index (χ2n) is 19.4. The number of hydrogen-bond acceptors (Lipinski definition) is 15. The molecule has 0 spiro atoms. The third-order valence-corrected chi connectivity index (χ3v) is 13.1. The van der Waals surface area contributed by atoms with Crippen LogP contribution < -0.4 is 5.32 Å². The van der Waals surface area contributed by atoms with Gasteiger partial charge in [0.25, 0.3) is 5.78 Å². The van der Waals surface area contributed by atoms with Gasteiger partial charge < -0.3 is 48.3 Å². The van der Waals surface area contributed by atoms with E-state index in [4.69, 9.17) is 37.9 Å². The lowest BCUT2D eigenvalue weighted by atomic mass is 9.49. The van der Waals surface area contributed by atoms with E-state index in [0.717, 1.165) is 0 Å². The number of ketones is 1. The first-order valence-electron chi connectivity index (χ1n) is 21.2. The van der Waals surface area contributed by atoms with Gasteiger partial charge in [0.2, 0.25) is 0 Å². The van der Waals surface area contributed by atoms with Gasteiger partial charge >= 0.3 is 30.0 Å². The molecule has 4 fully saturated rings. The Morgan fingerprint density at radius 3 is 2.16 bits per heavy atom. The van der Waals surface area contributed by atoms with Crippen molar-refractivity contribution in [3.63, 3.8) is 0 Å². The Balaban J connectivity index is 1.58. The van der Waals surface area contributed by atoms with E-state index in [1.165, 1.54) is 33.8 Å². The standard InChI is InChI=1S/C46H61NO15/c1-13-32-58-30-20-31-46(22-55-31,61-26(6)49)36-38(60-39(51)27-17-15-14-16-18-27)45(43(10,11)54)21-29(24(4)33(45)35(56-25(5)48)37(59-32)44(30,36)12)57-40(52)34(50)28(19-23(2)3)47-41(53)62-42(7,8)9/h13-18,23,28-32,35-38,54H,1,19-22H2,2-12H3,(H,47,53)/t28-,29-,30-,31+,32-,35-,36-,37-,38-,44+,45?,46-/m0/s1. The lowest BCUT2D eigenvalue weighted by Crippen LogP contribution is -2.80. The minimum Gasteiger partial charge on any atom is -0.457 e. The molecule has 1 amide bonds. The van der Waals surface area contributed by atoms with Crippen molar-refractivity contribution in [1.29, 1.82) is 0 Å². The molecule has 5 aliphatic rings. The number of fused-ring (bicyclic) bond motifs is 3. The van der Waals surface area contributed by atoms with E-state index >= 15 is 0 Å². The number of aliphatic hydroxyl groups is 1. The Hall–Kier alpha value is -4.64. The van der Waals surface area contributed by atoms with Crippen LogP contribution >= 0.6 is 0 Å². The number of Topliss-reactive ketones (excluding diaryl/α,β-unsaturated/α-hetero) is 1. The van der Waals surface area contributed by atoms with E-state index < -0.39 is 118 Å². The van der Waals surface area contributed by atoms with Crippen molar-refractivity contribution in [3.05, 3.63) is 59.7 Å². The summed E-state index contributed by atoms with van der Waals surface area (Å²) in [5, 5.41) is 15.4. The van der Waals surface area contributed by atoms with Gasteiger partial charge in [-0.05, 0) is 83.2 Å². The molecule has 2 saturated carbocycles. The number of nitrogens with one attached hydrogen (secondary N) is 1. The largest absolute Gasteiger partial charge is 0.457 e.